The van der Waals surface area contributed by atoms with Crippen molar-refractivity contribution in [2.24, 2.45) is 0 Å². The Morgan fingerprint density at radius 1 is 1.13 bits per heavy atom. The molecule has 1 aromatic carbocycles. The molecule has 1 rings (SSSR count). The fraction of sp³-hybridized carbons (Fsp3) is 0.133. The highest BCUT2D eigenvalue weighted by Crippen LogP contribution is 2.24. The average molecular weight is 321 g/mol. The van der Waals surface area contributed by atoms with Crippen molar-refractivity contribution in [3.8, 4) is 5.75 Å². The van der Waals surface area contributed by atoms with Crippen molar-refractivity contribution in [1.82, 2.24) is 0 Å². The molecule has 0 bridgehead atoms. The largest absolute Gasteiger partial charge is 0.514 e. The van der Waals surface area contributed by atoms with Crippen LogP contribution in [0.4, 0.5) is 15.3 Å². The van der Waals surface area contributed by atoms with Gasteiger partial charge in [0.25, 0.3) is 0 Å². The summed E-state index contributed by atoms with van der Waals surface area (Å²) < 4.78 is 14.1. The van der Waals surface area contributed by atoms with Crippen LogP contribution in [0.2, 0.25) is 0 Å². The first-order valence-electron chi connectivity index (χ1n) is 6.35. The molecule has 0 aliphatic carbocycles. The van der Waals surface area contributed by atoms with Gasteiger partial charge in [-0.05, 0) is 12.1 Å². The van der Waals surface area contributed by atoms with Crippen LogP contribution in [0.1, 0.15) is 10.4 Å². The average Bonchev–Trinajstić information content (AvgIpc) is 2.50. The Morgan fingerprint density at radius 2 is 1.78 bits per heavy atom. The number of carboxylic acids is 1. The van der Waals surface area contributed by atoms with Crippen molar-refractivity contribution in [1.29, 1.82) is 0 Å². The van der Waals surface area contributed by atoms with Crippen molar-refractivity contribution >= 4 is 23.9 Å². The second-order valence-electron chi connectivity index (χ2n) is 3.98. The number of aromatic carboxylic acids is 1. The van der Waals surface area contributed by atoms with Crippen molar-refractivity contribution in [3.63, 3.8) is 0 Å². The SMILES string of the molecule is C=CCOC(=O)Nc1ccc(C(=O)O)c(OC(=O)OCC=C)c1. The lowest BCUT2D eigenvalue weighted by Gasteiger charge is -2.10. The van der Waals surface area contributed by atoms with E-state index in [1.165, 1.54) is 24.3 Å². The maximum Gasteiger partial charge on any atom is 0.514 e. The van der Waals surface area contributed by atoms with Gasteiger partial charge in [0.05, 0.1) is 0 Å². The molecular weight excluding hydrogens is 306 g/mol. The number of amides is 1. The monoisotopic (exact) mass is 321 g/mol. The molecule has 0 heterocycles. The molecule has 0 aromatic heterocycles. The number of hydrogen-bond acceptors (Lipinski definition) is 6. The van der Waals surface area contributed by atoms with Gasteiger partial charge in [0.15, 0.2) is 5.75 Å². The highest BCUT2D eigenvalue weighted by molar-refractivity contribution is 5.93. The second-order valence-corrected chi connectivity index (χ2v) is 3.98. The number of carbonyl (C=O) groups is 3. The van der Waals surface area contributed by atoms with Crippen molar-refractivity contribution in [2.75, 3.05) is 18.5 Å². The minimum atomic E-state index is -1.31. The Kier molecular flexibility index (Phi) is 6.86. The van der Waals surface area contributed by atoms with E-state index < -0.39 is 18.2 Å². The van der Waals surface area contributed by atoms with Crippen molar-refractivity contribution in [2.45, 2.75) is 0 Å². The van der Waals surface area contributed by atoms with E-state index >= 15 is 0 Å². The van der Waals surface area contributed by atoms with Crippen LogP contribution >= 0.6 is 0 Å². The van der Waals surface area contributed by atoms with Gasteiger partial charge >= 0.3 is 18.2 Å². The predicted molar refractivity (Wildman–Crippen MR) is 80.7 cm³/mol. The number of ether oxygens (including phenoxy) is 3. The van der Waals surface area contributed by atoms with Crippen LogP contribution in [0.25, 0.3) is 0 Å². The second kappa shape index (κ2) is 8.88. The molecule has 0 unspecified atom stereocenters. The lowest BCUT2D eigenvalue weighted by Crippen LogP contribution is -2.15. The zero-order chi connectivity index (χ0) is 17.2. The van der Waals surface area contributed by atoms with Crippen LogP contribution < -0.4 is 10.1 Å². The van der Waals surface area contributed by atoms with E-state index in [4.69, 9.17) is 14.6 Å². The number of carboxylic acid groups (broad SMARTS) is 1. The Morgan fingerprint density at radius 3 is 2.39 bits per heavy atom. The van der Waals surface area contributed by atoms with Gasteiger partial charge in [-0.2, -0.15) is 0 Å². The van der Waals surface area contributed by atoms with Gasteiger partial charge < -0.3 is 19.3 Å². The Balaban J connectivity index is 2.91. The topological polar surface area (TPSA) is 111 Å². The molecule has 1 amide bonds. The first-order chi connectivity index (χ1) is 11.0. The summed E-state index contributed by atoms with van der Waals surface area (Å²) in [5, 5.41) is 11.4. The standard InChI is InChI=1S/C15H15NO7/c1-3-7-21-14(19)16-10-5-6-11(13(17)18)12(9-10)23-15(20)22-8-4-2/h3-6,9H,1-2,7-8H2,(H,16,19)(H,17,18). The number of anilines is 1. The van der Waals surface area contributed by atoms with Gasteiger partial charge in [-0.15, -0.1) is 0 Å². The number of carbonyl (C=O) groups excluding carboxylic acids is 2. The van der Waals surface area contributed by atoms with Crippen molar-refractivity contribution in [3.05, 3.63) is 49.1 Å². The van der Waals surface area contributed by atoms with Gasteiger partial charge in [0, 0.05) is 11.8 Å². The van der Waals surface area contributed by atoms with E-state index in [2.05, 4.69) is 23.2 Å². The van der Waals surface area contributed by atoms with E-state index in [1.54, 1.807) is 0 Å². The molecule has 23 heavy (non-hydrogen) atoms. The molecule has 122 valence electrons. The predicted octanol–water partition coefficient (Wildman–Crippen LogP) is 2.82. The number of benzene rings is 1. The van der Waals surface area contributed by atoms with Crippen LogP contribution in [-0.4, -0.2) is 36.5 Å². The molecule has 0 saturated heterocycles. The molecule has 0 spiro atoms. The lowest BCUT2D eigenvalue weighted by molar-refractivity contribution is 0.0691. The van der Waals surface area contributed by atoms with Gasteiger partial charge in [-0.1, -0.05) is 25.3 Å². The zero-order valence-corrected chi connectivity index (χ0v) is 12.1. The number of hydrogen-bond donors (Lipinski definition) is 2. The minimum absolute atomic E-state index is 0.0102. The van der Waals surface area contributed by atoms with E-state index in [9.17, 15) is 14.4 Å². The normalized spacial score (nSPS) is 9.39. The molecule has 0 radical (unpaired) electrons. The summed E-state index contributed by atoms with van der Waals surface area (Å²) in [5.41, 5.74) is -0.0962. The molecule has 0 atom stereocenters. The summed E-state index contributed by atoms with van der Waals surface area (Å²) >= 11 is 0. The van der Waals surface area contributed by atoms with Crippen LogP contribution in [0.3, 0.4) is 0 Å². The smallest absolute Gasteiger partial charge is 0.478 e. The minimum Gasteiger partial charge on any atom is -0.478 e. The van der Waals surface area contributed by atoms with Gasteiger partial charge in [-0.3, -0.25) is 5.32 Å². The number of nitrogens with one attached hydrogen (secondary N) is 1. The van der Waals surface area contributed by atoms with E-state index in [-0.39, 0.29) is 30.2 Å². The van der Waals surface area contributed by atoms with E-state index in [1.807, 2.05) is 0 Å². The third-order valence-corrected chi connectivity index (χ3v) is 2.30. The van der Waals surface area contributed by atoms with Crippen molar-refractivity contribution < 1.29 is 33.7 Å². The molecule has 1 aromatic rings. The summed E-state index contributed by atoms with van der Waals surface area (Å²) in [6, 6.07) is 3.65. The third kappa shape index (κ3) is 5.92. The molecule has 2 N–H and O–H groups in total. The molecular formula is C15H15NO7. The van der Waals surface area contributed by atoms with Crippen LogP contribution in [0.5, 0.6) is 5.75 Å². The highest BCUT2D eigenvalue weighted by Gasteiger charge is 2.17. The molecule has 0 aliphatic heterocycles. The fourth-order valence-electron chi connectivity index (χ4n) is 1.40. The van der Waals surface area contributed by atoms with Crippen LogP contribution in [0, 0.1) is 0 Å². The maximum atomic E-state index is 11.4. The quantitative estimate of drug-likeness (QED) is 0.451. The molecule has 8 heteroatoms. The first kappa shape index (κ1) is 17.8. The zero-order valence-electron chi connectivity index (χ0n) is 12.1. The number of rotatable bonds is 7. The first-order valence-corrected chi connectivity index (χ1v) is 6.35. The summed E-state index contributed by atoms with van der Waals surface area (Å²) in [7, 11) is 0. The highest BCUT2D eigenvalue weighted by atomic mass is 16.7. The Hall–Kier alpha value is -3.29. The van der Waals surface area contributed by atoms with Gasteiger partial charge in [0.1, 0.15) is 18.8 Å². The van der Waals surface area contributed by atoms with Crippen LogP contribution in [-0.2, 0) is 9.47 Å². The third-order valence-electron chi connectivity index (χ3n) is 2.30. The summed E-state index contributed by atoms with van der Waals surface area (Å²) in [6.45, 7) is 6.67. The lowest BCUT2D eigenvalue weighted by atomic mass is 10.2. The summed E-state index contributed by atoms with van der Waals surface area (Å²) in [6.07, 6.45) is 0.844. The van der Waals surface area contributed by atoms with Gasteiger partial charge in [0.2, 0.25) is 0 Å². The summed E-state index contributed by atoms with van der Waals surface area (Å²) in [4.78, 5) is 34.0. The molecule has 0 saturated carbocycles. The fourth-order valence-corrected chi connectivity index (χ4v) is 1.40. The molecule has 0 fully saturated rings. The summed E-state index contributed by atoms with van der Waals surface area (Å²) in [5.74, 6) is -1.59. The van der Waals surface area contributed by atoms with Gasteiger partial charge in [-0.25, -0.2) is 14.4 Å². The van der Waals surface area contributed by atoms with E-state index in [0.717, 1.165) is 6.07 Å². The van der Waals surface area contributed by atoms with Crippen LogP contribution in [0.15, 0.2) is 43.5 Å². The Labute approximate surface area is 132 Å². The van der Waals surface area contributed by atoms with E-state index in [0.29, 0.717) is 0 Å². The maximum absolute atomic E-state index is 11.4. The molecule has 8 nitrogen and oxygen atoms in total. The Bertz CT molecular complexity index is 624. The molecule has 0 aliphatic rings.